The summed E-state index contributed by atoms with van der Waals surface area (Å²) in [6.45, 7) is 3.52. The van der Waals surface area contributed by atoms with Gasteiger partial charge in [-0.25, -0.2) is 0 Å². The van der Waals surface area contributed by atoms with Crippen molar-refractivity contribution >= 4 is 28.5 Å². The van der Waals surface area contributed by atoms with E-state index in [0.717, 1.165) is 28.1 Å². The van der Waals surface area contributed by atoms with E-state index in [-0.39, 0.29) is 29.9 Å². The van der Waals surface area contributed by atoms with Gasteiger partial charge in [0.05, 0.1) is 22.7 Å². The van der Waals surface area contributed by atoms with E-state index in [9.17, 15) is 23.1 Å². The first-order valence-corrected chi connectivity index (χ1v) is 15.1. The van der Waals surface area contributed by atoms with Crippen LogP contribution in [0.2, 0.25) is 5.02 Å². The maximum Gasteiger partial charge on any atom is 0.417 e. The molecule has 4 aromatic carbocycles. The van der Waals surface area contributed by atoms with Gasteiger partial charge >= 0.3 is 12.1 Å². The average molecular weight is 635 g/mol. The number of halogens is 4. The van der Waals surface area contributed by atoms with E-state index >= 15 is 0 Å². The highest BCUT2D eigenvalue weighted by molar-refractivity contribution is 6.32. The number of carboxylic acids is 1. The molecule has 0 fully saturated rings. The summed E-state index contributed by atoms with van der Waals surface area (Å²) in [5.41, 5.74) is 2.53. The van der Waals surface area contributed by atoms with Crippen molar-refractivity contribution in [3.05, 3.63) is 137 Å². The van der Waals surface area contributed by atoms with E-state index in [2.05, 4.69) is 29.2 Å². The third kappa shape index (κ3) is 8.07. The van der Waals surface area contributed by atoms with Gasteiger partial charge in [0.25, 0.3) is 0 Å². The third-order valence-electron chi connectivity index (χ3n) is 7.80. The van der Waals surface area contributed by atoms with Crippen LogP contribution in [0, 0.1) is 5.92 Å². The molecular formula is C36H34ClF3N2O3. The van der Waals surface area contributed by atoms with Crippen molar-refractivity contribution in [2.24, 2.45) is 5.92 Å². The summed E-state index contributed by atoms with van der Waals surface area (Å²) < 4.78 is 49.1. The predicted octanol–water partition coefficient (Wildman–Crippen LogP) is 8.75. The highest BCUT2D eigenvalue weighted by Gasteiger charge is 2.34. The molecule has 45 heavy (non-hydrogen) atoms. The van der Waals surface area contributed by atoms with E-state index < -0.39 is 17.7 Å². The zero-order valence-corrected chi connectivity index (χ0v) is 25.5. The highest BCUT2D eigenvalue weighted by atomic mass is 35.5. The quantitative estimate of drug-likeness (QED) is 0.141. The largest absolute Gasteiger partial charge is 0.493 e. The molecule has 0 saturated heterocycles. The van der Waals surface area contributed by atoms with Crippen LogP contribution in [-0.2, 0) is 24.1 Å². The molecule has 0 radical (unpaired) electrons. The minimum Gasteiger partial charge on any atom is -0.493 e. The molecule has 1 N–H and O–H groups in total. The Hall–Kier alpha value is -4.27. The third-order valence-corrected chi connectivity index (χ3v) is 8.24. The second-order valence-corrected chi connectivity index (χ2v) is 11.7. The van der Waals surface area contributed by atoms with Gasteiger partial charge in [-0.15, -0.1) is 0 Å². The van der Waals surface area contributed by atoms with Crippen LogP contribution in [0.3, 0.4) is 0 Å². The summed E-state index contributed by atoms with van der Waals surface area (Å²) in [7, 11) is 0. The minimum atomic E-state index is -4.56. The predicted molar refractivity (Wildman–Crippen MR) is 171 cm³/mol. The molecule has 0 bridgehead atoms. The molecule has 0 unspecified atom stereocenters. The van der Waals surface area contributed by atoms with Gasteiger partial charge in [-0.1, -0.05) is 97.4 Å². The molecule has 5 aromatic rings. The number of fused-ring (bicyclic) bond motifs is 1. The standard InChI is InChI=1S/C36H34ClF3N2O3/c1-25(24-45-33-17-9-16-32-29(33)18-19-42(32)23-34(43)44)20-41(21-28-14-8-15-31(35(28)37)36(38,39)40)22-30(26-10-4-2-5-11-26)27-12-6-3-7-13-27/h2-19,25,30H,20-24H2,1H3,(H,43,44)/t25-/m1/s1. The molecular weight excluding hydrogens is 601 g/mol. The van der Waals surface area contributed by atoms with Gasteiger partial charge in [-0.2, -0.15) is 13.2 Å². The van der Waals surface area contributed by atoms with E-state index in [0.29, 0.717) is 31.0 Å². The molecule has 0 spiro atoms. The molecule has 1 aromatic heterocycles. The summed E-state index contributed by atoms with van der Waals surface area (Å²) in [6, 6.07) is 31.5. The van der Waals surface area contributed by atoms with Gasteiger partial charge in [0.15, 0.2) is 0 Å². The Kier molecular flexibility index (Phi) is 10.2. The first-order valence-electron chi connectivity index (χ1n) is 14.7. The first-order chi connectivity index (χ1) is 21.6. The number of ether oxygens (including phenoxy) is 1. The normalized spacial score (nSPS) is 12.6. The Morgan fingerprint density at radius 1 is 0.889 bits per heavy atom. The smallest absolute Gasteiger partial charge is 0.417 e. The molecule has 9 heteroatoms. The van der Waals surface area contributed by atoms with Crippen LogP contribution in [0.4, 0.5) is 13.2 Å². The fourth-order valence-corrected chi connectivity index (χ4v) is 6.02. The molecule has 1 atom stereocenters. The zero-order chi connectivity index (χ0) is 32.0. The SMILES string of the molecule is C[C@@H](COc1cccc2c1ccn2CC(=O)O)CN(Cc1cccc(C(F)(F)F)c1Cl)CC(c1ccccc1)c1ccccc1. The van der Waals surface area contributed by atoms with Crippen LogP contribution < -0.4 is 4.74 Å². The van der Waals surface area contributed by atoms with Crippen molar-refractivity contribution in [3.63, 3.8) is 0 Å². The number of hydrogen-bond donors (Lipinski definition) is 1. The van der Waals surface area contributed by atoms with Crippen LogP contribution in [-0.4, -0.2) is 40.2 Å². The van der Waals surface area contributed by atoms with Gasteiger partial charge in [-0.3, -0.25) is 9.69 Å². The maximum atomic E-state index is 13.7. The number of aromatic nitrogens is 1. The Labute approximate surface area is 265 Å². The second kappa shape index (κ2) is 14.2. The number of alkyl halides is 3. The monoisotopic (exact) mass is 634 g/mol. The Morgan fingerprint density at radius 2 is 1.53 bits per heavy atom. The van der Waals surface area contributed by atoms with Crippen molar-refractivity contribution in [2.75, 3.05) is 19.7 Å². The summed E-state index contributed by atoms with van der Waals surface area (Å²) in [5, 5.41) is 9.77. The van der Waals surface area contributed by atoms with Crippen LogP contribution >= 0.6 is 11.6 Å². The molecule has 0 aliphatic heterocycles. The van der Waals surface area contributed by atoms with Crippen molar-refractivity contribution in [1.82, 2.24) is 9.47 Å². The van der Waals surface area contributed by atoms with E-state index in [1.165, 1.54) is 6.07 Å². The fraction of sp³-hybridized carbons (Fsp3) is 0.250. The zero-order valence-electron chi connectivity index (χ0n) is 24.8. The van der Waals surface area contributed by atoms with Crippen LogP contribution in [0.25, 0.3) is 10.9 Å². The van der Waals surface area contributed by atoms with Crippen molar-refractivity contribution < 1.29 is 27.8 Å². The summed E-state index contributed by atoms with van der Waals surface area (Å²) in [4.78, 5) is 13.4. The van der Waals surface area contributed by atoms with Gasteiger partial charge in [-0.05, 0) is 41.0 Å². The van der Waals surface area contributed by atoms with E-state index in [4.69, 9.17) is 16.3 Å². The number of carboxylic acid groups (broad SMARTS) is 1. The average Bonchev–Trinajstić information content (AvgIpc) is 3.42. The lowest BCUT2D eigenvalue weighted by Crippen LogP contribution is -2.34. The second-order valence-electron chi connectivity index (χ2n) is 11.3. The molecule has 0 aliphatic carbocycles. The molecule has 5 nitrogen and oxygen atoms in total. The molecule has 5 rings (SSSR count). The maximum absolute atomic E-state index is 13.7. The Balaban J connectivity index is 1.40. The summed E-state index contributed by atoms with van der Waals surface area (Å²) in [5.74, 6) is -0.342. The van der Waals surface area contributed by atoms with Crippen molar-refractivity contribution in [3.8, 4) is 5.75 Å². The highest BCUT2D eigenvalue weighted by Crippen LogP contribution is 2.37. The molecule has 0 amide bonds. The number of hydrogen-bond acceptors (Lipinski definition) is 3. The Morgan fingerprint density at radius 3 is 2.16 bits per heavy atom. The van der Waals surface area contributed by atoms with Crippen molar-refractivity contribution in [2.45, 2.75) is 32.1 Å². The topological polar surface area (TPSA) is 54.7 Å². The van der Waals surface area contributed by atoms with Crippen LogP contribution in [0.5, 0.6) is 5.75 Å². The van der Waals surface area contributed by atoms with E-state index in [1.54, 1.807) is 16.8 Å². The fourth-order valence-electron chi connectivity index (χ4n) is 5.73. The number of nitrogens with zero attached hydrogens (tertiary/aromatic N) is 2. The number of aliphatic carboxylic acids is 1. The number of benzene rings is 4. The first kappa shape index (κ1) is 32.1. The minimum absolute atomic E-state index is 0.0156. The lowest BCUT2D eigenvalue weighted by atomic mass is 9.90. The molecule has 0 aliphatic rings. The van der Waals surface area contributed by atoms with Gasteiger partial charge in [0.2, 0.25) is 0 Å². The van der Waals surface area contributed by atoms with Crippen molar-refractivity contribution in [1.29, 1.82) is 0 Å². The molecule has 0 saturated carbocycles. The van der Waals surface area contributed by atoms with Gasteiger partial charge < -0.3 is 14.4 Å². The number of rotatable bonds is 13. The molecule has 1 heterocycles. The van der Waals surface area contributed by atoms with Crippen LogP contribution in [0.15, 0.2) is 109 Å². The lowest BCUT2D eigenvalue weighted by Gasteiger charge is -2.31. The van der Waals surface area contributed by atoms with Crippen LogP contribution in [0.1, 0.15) is 35.1 Å². The number of carbonyl (C=O) groups is 1. The lowest BCUT2D eigenvalue weighted by molar-refractivity contribution is -0.138. The van der Waals surface area contributed by atoms with Gasteiger partial charge in [0.1, 0.15) is 12.3 Å². The molecule has 234 valence electrons. The van der Waals surface area contributed by atoms with Gasteiger partial charge in [0, 0.05) is 43.1 Å². The summed E-state index contributed by atoms with van der Waals surface area (Å²) in [6.07, 6.45) is -2.83. The Bertz CT molecular complexity index is 1690. The summed E-state index contributed by atoms with van der Waals surface area (Å²) >= 11 is 6.36. The van der Waals surface area contributed by atoms with E-state index in [1.807, 2.05) is 67.6 Å².